The zero-order valence-corrected chi connectivity index (χ0v) is 7.41. The van der Waals surface area contributed by atoms with Gasteiger partial charge in [-0.1, -0.05) is 13.8 Å². The molecule has 0 aliphatic heterocycles. The number of rotatable bonds is 2. The standard InChI is InChI=1S/C4H9NO.C4H6O2/c1-3(2)4(5)6;5-4(6)3-1-2-3/h3H,1-2H3,(H2,5,6);3H,1-2H2,(H,5,6). The summed E-state index contributed by atoms with van der Waals surface area (Å²) in [4.78, 5) is 19.7. The first-order chi connectivity index (χ1) is 5.45. The maximum atomic E-state index is 9.92. The van der Waals surface area contributed by atoms with Gasteiger partial charge in [-0.25, -0.2) is 0 Å². The first-order valence-electron chi connectivity index (χ1n) is 3.97. The fraction of sp³-hybridized carbons (Fsp3) is 0.750. The molecule has 0 aromatic rings. The molecule has 0 bridgehead atoms. The molecule has 0 aromatic carbocycles. The Morgan fingerprint density at radius 3 is 1.75 bits per heavy atom. The van der Waals surface area contributed by atoms with E-state index in [1.165, 1.54) is 0 Å². The molecule has 0 spiro atoms. The number of hydrogen-bond donors (Lipinski definition) is 2. The van der Waals surface area contributed by atoms with Crippen molar-refractivity contribution in [3.63, 3.8) is 0 Å². The lowest BCUT2D eigenvalue weighted by atomic mass is 10.2. The van der Waals surface area contributed by atoms with Crippen LogP contribution in [0.4, 0.5) is 0 Å². The highest BCUT2D eigenvalue weighted by atomic mass is 16.4. The number of carbonyl (C=O) groups is 2. The summed E-state index contributed by atoms with van der Waals surface area (Å²) >= 11 is 0. The van der Waals surface area contributed by atoms with Crippen molar-refractivity contribution in [1.29, 1.82) is 0 Å². The van der Waals surface area contributed by atoms with Crippen molar-refractivity contribution in [1.82, 2.24) is 0 Å². The van der Waals surface area contributed by atoms with Crippen LogP contribution >= 0.6 is 0 Å². The number of carbonyl (C=O) groups excluding carboxylic acids is 1. The Hall–Kier alpha value is -1.06. The van der Waals surface area contributed by atoms with E-state index in [9.17, 15) is 9.59 Å². The Bertz CT molecular complexity index is 161. The first-order valence-corrected chi connectivity index (χ1v) is 3.97. The Kier molecular flexibility index (Phi) is 4.33. The van der Waals surface area contributed by atoms with E-state index in [-0.39, 0.29) is 17.7 Å². The molecule has 4 heteroatoms. The average Bonchev–Trinajstić information content (AvgIpc) is 2.68. The molecular weight excluding hydrogens is 158 g/mol. The van der Waals surface area contributed by atoms with Crippen molar-refractivity contribution >= 4 is 11.9 Å². The monoisotopic (exact) mass is 173 g/mol. The highest BCUT2D eigenvalue weighted by Gasteiger charge is 2.28. The predicted molar refractivity (Wildman–Crippen MR) is 44.4 cm³/mol. The van der Waals surface area contributed by atoms with E-state index in [2.05, 4.69) is 0 Å². The minimum Gasteiger partial charge on any atom is -0.481 e. The normalized spacial score (nSPS) is 14.9. The quantitative estimate of drug-likeness (QED) is 0.642. The number of primary amides is 1. The van der Waals surface area contributed by atoms with Gasteiger partial charge in [-0.2, -0.15) is 0 Å². The third kappa shape index (κ3) is 5.70. The van der Waals surface area contributed by atoms with Crippen molar-refractivity contribution < 1.29 is 14.7 Å². The molecule has 1 aliphatic carbocycles. The molecule has 0 saturated heterocycles. The summed E-state index contributed by atoms with van der Waals surface area (Å²) in [6.07, 6.45) is 1.80. The topological polar surface area (TPSA) is 80.4 Å². The van der Waals surface area contributed by atoms with Gasteiger partial charge in [0.1, 0.15) is 0 Å². The fourth-order valence-electron chi connectivity index (χ4n) is 0.330. The van der Waals surface area contributed by atoms with E-state index in [1.54, 1.807) is 13.8 Å². The average molecular weight is 173 g/mol. The maximum Gasteiger partial charge on any atom is 0.306 e. The molecule has 0 atom stereocenters. The van der Waals surface area contributed by atoms with E-state index in [0.29, 0.717) is 0 Å². The summed E-state index contributed by atoms with van der Waals surface area (Å²) in [5, 5.41) is 8.05. The summed E-state index contributed by atoms with van der Waals surface area (Å²) in [6, 6.07) is 0. The van der Waals surface area contributed by atoms with Gasteiger partial charge in [0.25, 0.3) is 0 Å². The lowest BCUT2D eigenvalue weighted by molar-refractivity contribution is -0.138. The summed E-state index contributed by atoms with van der Waals surface area (Å²) in [5.74, 6) is -0.861. The predicted octanol–water partition coefficient (Wildman–Crippen LogP) is 0.609. The van der Waals surface area contributed by atoms with Crippen molar-refractivity contribution in [3.05, 3.63) is 0 Å². The molecule has 3 N–H and O–H groups in total. The van der Waals surface area contributed by atoms with Gasteiger partial charge in [-0.15, -0.1) is 0 Å². The smallest absolute Gasteiger partial charge is 0.306 e. The summed E-state index contributed by atoms with van der Waals surface area (Å²) in [7, 11) is 0. The molecule has 70 valence electrons. The number of aliphatic carboxylic acids is 1. The molecule has 1 fully saturated rings. The fourth-order valence-corrected chi connectivity index (χ4v) is 0.330. The van der Waals surface area contributed by atoms with Gasteiger partial charge < -0.3 is 10.8 Å². The van der Waals surface area contributed by atoms with Crippen molar-refractivity contribution in [2.24, 2.45) is 17.6 Å². The molecule has 1 saturated carbocycles. The van der Waals surface area contributed by atoms with Crippen LogP contribution in [0.15, 0.2) is 0 Å². The number of carboxylic acid groups (broad SMARTS) is 1. The molecule has 1 amide bonds. The Morgan fingerprint density at radius 2 is 1.75 bits per heavy atom. The number of amides is 1. The summed E-state index contributed by atoms with van der Waals surface area (Å²) in [5.41, 5.74) is 4.80. The van der Waals surface area contributed by atoms with Gasteiger partial charge in [0.15, 0.2) is 0 Å². The lowest BCUT2D eigenvalue weighted by Crippen LogP contribution is -2.17. The summed E-state index contributed by atoms with van der Waals surface area (Å²) in [6.45, 7) is 3.53. The Labute approximate surface area is 71.8 Å². The first kappa shape index (κ1) is 10.9. The van der Waals surface area contributed by atoms with Crippen molar-refractivity contribution in [2.45, 2.75) is 26.7 Å². The highest BCUT2D eigenvalue weighted by molar-refractivity contribution is 5.75. The van der Waals surface area contributed by atoms with Gasteiger partial charge in [-0.05, 0) is 12.8 Å². The minimum absolute atomic E-state index is 0.00926. The van der Waals surface area contributed by atoms with Crippen molar-refractivity contribution in [2.75, 3.05) is 0 Å². The largest absolute Gasteiger partial charge is 0.481 e. The molecule has 0 radical (unpaired) electrons. The van der Waals surface area contributed by atoms with E-state index in [0.717, 1.165) is 12.8 Å². The van der Waals surface area contributed by atoms with E-state index >= 15 is 0 Å². The third-order valence-corrected chi connectivity index (χ3v) is 1.50. The number of carboxylic acids is 1. The van der Waals surface area contributed by atoms with Crippen LogP contribution in [0.1, 0.15) is 26.7 Å². The zero-order valence-electron chi connectivity index (χ0n) is 7.41. The van der Waals surface area contributed by atoms with Gasteiger partial charge in [0, 0.05) is 5.92 Å². The van der Waals surface area contributed by atoms with E-state index in [1.807, 2.05) is 0 Å². The van der Waals surface area contributed by atoms with Crippen LogP contribution in [-0.2, 0) is 9.59 Å². The van der Waals surface area contributed by atoms with Gasteiger partial charge in [0.2, 0.25) is 5.91 Å². The number of nitrogens with two attached hydrogens (primary N) is 1. The zero-order chi connectivity index (χ0) is 9.72. The highest BCUT2D eigenvalue weighted by Crippen LogP contribution is 2.28. The van der Waals surface area contributed by atoms with Crippen LogP contribution in [-0.4, -0.2) is 17.0 Å². The second-order valence-corrected chi connectivity index (χ2v) is 3.17. The van der Waals surface area contributed by atoms with Crippen LogP contribution in [0.25, 0.3) is 0 Å². The van der Waals surface area contributed by atoms with Gasteiger partial charge in [0.05, 0.1) is 5.92 Å². The molecule has 0 unspecified atom stereocenters. The number of hydrogen-bond acceptors (Lipinski definition) is 2. The Balaban J connectivity index is 0.000000202. The second-order valence-electron chi connectivity index (χ2n) is 3.17. The van der Waals surface area contributed by atoms with Crippen LogP contribution in [0.5, 0.6) is 0 Å². The molecular formula is C8H15NO3. The SMILES string of the molecule is CC(C)C(N)=O.O=C(O)C1CC1. The van der Waals surface area contributed by atoms with Crippen LogP contribution < -0.4 is 5.73 Å². The van der Waals surface area contributed by atoms with Crippen LogP contribution in [0.3, 0.4) is 0 Å². The van der Waals surface area contributed by atoms with Crippen molar-refractivity contribution in [3.8, 4) is 0 Å². The molecule has 0 aromatic heterocycles. The van der Waals surface area contributed by atoms with Crippen LogP contribution in [0.2, 0.25) is 0 Å². The Morgan fingerprint density at radius 1 is 1.42 bits per heavy atom. The second kappa shape index (κ2) is 4.74. The molecule has 12 heavy (non-hydrogen) atoms. The maximum absolute atomic E-state index is 9.92. The van der Waals surface area contributed by atoms with E-state index in [4.69, 9.17) is 10.8 Å². The molecule has 1 aliphatic rings. The summed E-state index contributed by atoms with van der Waals surface area (Å²) < 4.78 is 0. The van der Waals surface area contributed by atoms with Crippen LogP contribution in [0, 0.1) is 11.8 Å². The molecule has 1 rings (SSSR count). The lowest BCUT2D eigenvalue weighted by Gasteiger charge is -1.90. The third-order valence-electron chi connectivity index (χ3n) is 1.50. The molecule has 0 heterocycles. The van der Waals surface area contributed by atoms with Gasteiger partial charge >= 0.3 is 5.97 Å². The van der Waals surface area contributed by atoms with E-state index < -0.39 is 5.97 Å². The van der Waals surface area contributed by atoms with Gasteiger partial charge in [-0.3, -0.25) is 9.59 Å². The molecule has 4 nitrogen and oxygen atoms in total. The minimum atomic E-state index is -0.630.